The summed E-state index contributed by atoms with van der Waals surface area (Å²) in [5, 5.41) is 0. The Hall–Kier alpha value is -0.613. The van der Waals surface area contributed by atoms with E-state index < -0.39 is 0 Å². The fraction of sp³-hybridized carbons (Fsp3) is 0.667. The highest BCUT2D eigenvalue weighted by Gasteiger charge is 1.94. The van der Waals surface area contributed by atoms with Crippen molar-refractivity contribution in [2.75, 3.05) is 13.2 Å². The Morgan fingerprint density at radius 1 is 1.31 bits per heavy atom. The smallest absolute Gasteiger partial charge is 0.330 e. The van der Waals surface area contributed by atoms with Gasteiger partial charge in [0.25, 0.3) is 0 Å². The summed E-state index contributed by atoms with van der Waals surface area (Å²) in [6, 6.07) is 0. The number of allylic oxidation sites excluding steroid dienone is 1. The van der Waals surface area contributed by atoms with Gasteiger partial charge >= 0.3 is 5.97 Å². The number of carbonyl (C=O) groups is 1. The molecule has 0 aliphatic carbocycles. The molecule has 76 valence electrons. The van der Waals surface area contributed by atoms with Gasteiger partial charge in [-0.05, 0) is 26.2 Å². The molecule has 0 aliphatic rings. The van der Waals surface area contributed by atoms with Gasteiger partial charge in [0.1, 0.15) is 10.5 Å². The number of esters is 1. The summed E-state index contributed by atoms with van der Waals surface area (Å²) in [5.41, 5.74) is 0. The van der Waals surface area contributed by atoms with Crippen molar-refractivity contribution in [3.05, 3.63) is 12.2 Å². The zero-order valence-corrected chi connectivity index (χ0v) is 10.4. The molecule has 4 heteroatoms. The van der Waals surface area contributed by atoms with E-state index in [2.05, 4.69) is 0 Å². The molecule has 0 spiro atoms. The molecule has 0 N–H and O–H groups in total. The lowest BCUT2D eigenvalue weighted by molar-refractivity contribution is -0.137. The van der Waals surface area contributed by atoms with Crippen LogP contribution in [0.2, 0.25) is 0 Å². The molecule has 0 radical (unpaired) electrons. The van der Waals surface area contributed by atoms with Gasteiger partial charge in [0.05, 0.1) is 6.61 Å². The molecule has 0 rings (SSSR count). The highest BCUT2D eigenvalue weighted by atomic mass is 28.2. The van der Waals surface area contributed by atoms with E-state index >= 15 is 0 Å². The summed E-state index contributed by atoms with van der Waals surface area (Å²) < 4.78 is 9.93. The van der Waals surface area contributed by atoms with Gasteiger partial charge in [0, 0.05) is 12.7 Å². The van der Waals surface area contributed by atoms with Gasteiger partial charge in [-0.2, -0.15) is 0 Å². The molecule has 13 heavy (non-hydrogen) atoms. The SMILES string of the molecule is CC=CC(=O)OCCCCCO[SiH3]. The van der Waals surface area contributed by atoms with Crippen LogP contribution in [0.4, 0.5) is 0 Å². The molecular weight excluding hydrogens is 184 g/mol. The van der Waals surface area contributed by atoms with Gasteiger partial charge in [-0.3, -0.25) is 0 Å². The molecule has 0 aromatic rings. The highest BCUT2D eigenvalue weighted by Crippen LogP contribution is 1.96. The van der Waals surface area contributed by atoms with Crippen LogP contribution in [0.25, 0.3) is 0 Å². The molecule has 0 amide bonds. The molecule has 0 unspecified atom stereocenters. The topological polar surface area (TPSA) is 35.5 Å². The lowest BCUT2D eigenvalue weighted by Gasteiger charge is -2.01. The third-order valence-corrected chi connectivity index (χ3v) is 1.95. The second-order valence-electron chi connectivity index (χ2n) is 2.72. The van der Waals surface area contributed by atoms with Crippen LogP contribution in [-0.2, 0) is 14.0 Å². The van der Waals surface area contributed by atoms with Gasteiger partial charge in [-0.1, -0.05) is 6.08 Å². The minimum atomic E-state index is -0.248. The average Bonchev–Trinajstić information content (AvgIpc) is 2.11. The normalized spacial score (nSPS) is 10.8. The fourth-order valence-electron chi connectivity index (χ4n) is 0.882. The molecular formula is C9H18O3Si. The molecule has 0 atom stereocenters. The van der Waals surface area contributed by atoms with E-state index in [9.17, 15) is 4.79 Å². The van der Waals surface area contributed by atoms with Crippen molar-refractivity contribution >= 4 is 16.5 Å². The summed E-state index contributed by atoms with van der Waals surface area (Å²) in [4.78, 5) is 10.8. The minimum absolute atomic E-state index is 0.248. The first-order valence-corrected chi connectivity index (χ1v) is 5.41. The van der Waals surface area contributed by atoms with Gasteiger partial charge in [0.2, 0.25) is 0 Å². The molecule has 0 aromatic heterocycles. The van der Waals surface area contributed by atoms with E-state index in [1.54, 1.807) is 13.0 Å². The number of ether oxygens (including phenoxy) is 1. The van der Waals surface area contributed by atoms with Gasteiger partial charge in [-0.15, -0.1) is 0 Å². The van der Waals surface area contributed by atoms with Gasteiger partial charge < -0.3 is 9.16 Å². The first kappa shape index (κ1) is 12.4. The number of hydrogen-bond acceptors (Lipinski definition) is 3. The molecule has 0 saturated heterocycles. The maximum atomic E-state index is 10.8. The maximum absolute atomic E-state index is 10.8. The largest absolute Gasteiger partial charge is 0.463 e. The third-order valence-electron chi connectivity index (χ3n) is 1.54. The summed E-state index contributed by atoms with van der Waals surface area (Å²) >= 11 is 0. The summed E-state index contributed by atoms with van der Waals surface area (Å²) in [5.74, 6) is -0.248. The van der Waals surface area contributed by atoms with Crippen LogP contribution in [0.3, 0.4) is 0 Å². The quantitative estimate of drug-likeness (QED) is 0.262. The lowest BCUT2D eigenvalue weighted by atomic mass is 10.2. The maximum Gasteiger partial charge on any atom is 0.330 e. The van der Waals surface area contributed by atoms with Crippen molar-refractivity contribution in [3.63, 3.8) is 0 Å². The Balaban J connectivity index is 3.11. The van der Waals surface area contributed by atoms with Crippen LogP contribution in [0.15, 0.2) is 12.2 Å². The summed E-state index contributed by atoms with van der Waals surface area (Å²) in [7, 11) is 0.812. The van der Waals surface area contributed by atoms with Crippen molar-refractivity contribution in [2.24, 2.45) is 0 Å². The zero-order chi connectivity index (χ0) is 9.94. The molecule has 0 heterocycles. The molecule has 0 saturated carbocycles. The Labute approximate surface area is 82.7 Å². The average molecular weight is 202 g/mol. The Bertz CT molecular complexity index is 157. The van der Waals surface area contributed by atoms with Crippen LogP contribution in [0.5, 0.6) is 0 Å². The van der Waals surface area contributed by atoms with Crippen molar-refractivity contribution in [1.82, 2.24) is 0 Å². The molecule has 0 aromatic carbocycles. The van der Waals surface area contributed by atoms with E-state index in [1.165, 1.54) is 6.08 Å². The van der Waals surface area contributed by atoms with Crippen LogP contribution in [0, 0.1) is 0 Å². The summed E-state index contributed by atoms with van der Waals surface area (Å²) in [6.07, 6.45) is 6.16. The predicted octanol–water partition coefficient (Wildman–Crippen LogP) is 0.573. The van der Waals surface area contributed by atoms with Gasteiger partial charge in [0.15, 0.2) is 0 Å². The van der Waals surface area contributed by atoms with Gasteiger partial charge in [-0.25, -0.2) is 4.79 Å². The van der Waals surface area contributed by atoms with Crippen molar-refractivity contribution < 1.29 is 14.0 Å². The standard InChI is InChI=1S/C9H18O3Si/c1-2-6-9(10)11-7-4-3-5-8-12-13/h2,6H,3-5,7-8H2,1,13H3. The van der Waals surface area contributed by atoms with E-state index in [-0.39, 0.29) is 5.97 Å². The molecule has 0 aliphatic heterocycles. The first-order valence-electron chi connectivity index (χ1n) is 4.59. The van der Waals surface area contributed by atoms with Crippen LogP contribution < -0.4 is 0 Å². The number of rotatable bonds is 7. The number of hydrogen-bond donors (Lipinski definition) is 0. The van der Waals surface area contributed by atoms with Crippen LogP contribution in [-0.4, -0.2) is 29.7 Å². The molecule has 0 fully saturated rings. The summed E-state index contributed by atoms with van der Waals surface area (Å²) in [6.45, 7) is 3.16. The number of carbonyl (C=O) groups excluding carboxylic acids is 1. The Morgan fingerprint density at radius 2 is 2.00 bits per heavy atom. The van der Waals surface area contributed by atoms with E-state index in [1.807, 2.05) is 0 Å². The fourth-order valence-corrected chi connectivity index (χ4v) is 1.17. The van der Waals surface area contributed by atoms with E-state index in [0.29, 0.717) is 6.61 Å². The number of unbranched alkanes of at least 4 members (excludes halogenated alkanes) is 2. The van der Waals surface area contributed by atoms with Crippen molar-refractivity contribution in [1.29, 1.82) is 0 Å². The first-order chi connectivity index (χ1) is 6.31. The van der Waals surface area contributed by atoms with Crippen molar-refractivity contribution in [3.8, 4) is 0 Å². The van der Waals surface area contributed by atoms with E-state index in [0.717, 1.165) is 36.4 Å². The second-order valence-corrected chi connectivity index (χ2v) is 3.30. The zero-order valence-electron chi connectivity index (χ0n) is 8.41. The highest BCUT2D eigenvalue weighted by molar-refractivity contribution is 5.97. The minimum Gasteiger partial charge on any atom is -0.463 e. The molecule has 0 bridgehead atoms. The van der Waals surface area contributed by atoms with Crippen molar-refractivity contribution in [2.45, 2.75) is 26.2 Å². The van der Waals surface area contributed by atoms with Crippen LogP contribution >= 0.6 is 0 Å². The Kier molecular flexibility index (Phi) is 9.03. The van der Waals surface area contributed by atoms with Crippen LogP contribution in [0.1, 0.15) is 26.2 Å². The lowest BCUT2D eigenvalue weighted by Crippen LogP contribution is -2.02. The second kappa shape index (κ2) is 9.47. The third kappa shape index (κ3) is 9.30. The van der Waals surface area contributed by atoms with E-state index in [4.69, 9.17) is 9.16 Å². The molecule has 3 nitrogen and oxygen atoms in total. The monoisotopic (exact) mass is 202 g/mol. The Morgan fingerprint density at radius 3 is 2.62 bits per heavy atom. The predicted molar refractivity (Wildman–Crippen MR) is 55.5 cm³/mol.